The predicted octanol–water partition coefficient (Wildman–Crippen LogP) is 3.24. The molecular formula is C13H12N2OS. The molecule has 1 amide bonds. The number of carbonyl (C=O) groups is 1. The van der Waals surface area contributed by atoms with Crippen molar-refractivity contribution in [1.82, 2.24) is 4.98 Å². The Balaban J connectivity index is 2.31. The van der Waals surface area contributed by atoms with E-state index < -0.39 is 0 Å². The lowest BCUT2D eigenvalue weighted by molar-refractivity contribution is -0.111. The Morgan fingerprint density at radius 2 is 2.12 bits per heavy atom. The molecule has 1 N–H and O–H groups in total. The van der Waals surface area contributed by atoms with Gasteiger partial charge in [0.15, 0.2) is 5.13 Å². The van der Waals surface area contributed by atoms with Gasteiger partial charge in [0.25, 0.3) is 0 Å². The molecule has 4 heteroatoms. The molecule has 2 rings (SSSR count). The summed E-state index contributed by atoms with van der Waals surface area (Å²) in [5.74, 6) is -0.238. The number of anilines is 1. The van der Waals surface area contributed by atoms with E-state index in [0.717, 1.165) is 16.1 Å². The zero-order valence-electron chi connectivity index (χ0n) is 9.43. The lowest BCUT2D eigenvalue weighted by atomic mass is 10.1. The molecule has 0 unspecified atom stereocenters. The summed E-state index contributed by atoms with van der Waals surface area (Å²) in [7, 11) is 0. The summed E-state index contributed by atoms with van der Waals surface area (Å²) >= 11 is 1.46. The molecule has 86 valence electrons. The van der Waals surface area contributed by atoms with Gasteiger partial charge < -0.3 is 0 Å². The molecule has 2 aromatic rings. The van der Waals surface area contributed by atoms with Crippen LogP contribution in [0.4, 0.5) is 5.13 Å². The molecule has 0 aliphatic carbocycles. The first kappa shape index (κ1) is 11.5. The number of benzene rings is 1. The van der Waals surface area contributed by atoms with Gasteiger partial charge in [-0.1, -0.05) is 36.9 Å². The molecule has 0 radical (unpaired) electrons. The van der Waals surface area contributed by atoms with Crippen molar-refractivity contribution in [2.24, 2.45) is 0 Å². The number of nitrogens with zero attached hydrogens (tertiary/aromatic N) is 1. The SMILES string of the molecule is C=CC(=O)Nc1nc(-c2ccccc2)c(C)s1. The molecule has 1 aromatic heterocycles. The molecule has 1 aromatic carbocycles. The van der Waals surface area contributed by atoms with Crippen LogP contribution >= 0.6 is 11.3 Å². The number of amides is 1. The van der Waals surface area contributed by atoms with Gasteiger partial charge in [-0.25, -0.2) is 4.98 Å². The van der Waals surface area contributed by atoms with E-state index in [2.05, 4.69) is 16.9 Å². The van der Waals surface area contributed by atoms with Gasteiger partial charge in [-0.2, -0.15) is 0 Å². The second-order valence-corrected chi connectivity index (χ2v) is 4.69. The van der Waals surface area contributed by atoms with Gasteiger partial charge in [-0.3, -0.25) is 10.1 Å². The number of nitrogens with one attached hydrogen (secondary N) is 1. The van der Waals surface area contributed by atoms with Crippen LogP contribution in [0.15, 0.2) is 43.0 Å². The zero-order valence-corrected chi connectivity index (χ0v) is 10.3. The number of hydrogen-bond donors (Lipinski definition) is 1. The minimum atomic E-state index is -0.238. The van der Waals surface area contributed by atoms with Crippen LogP contribution in [0.5, 0.6) is 0 Å². The number of carbonyl (C=O) groups excluding carboxylic acids is 1. The first-order chi connectivity index (χ1) is 8.20. The molecule has 1 heterocycles. The molecule has 0 aliphatic heterocycles. The third-order valence-electron chi connectivity index (χ3n) is 2.26. The highest BCUT2D eigenvalue weighted by atomic mass is 32.1. The van der Waals surface area contributed by atoms with E-state index in [4.69, 9.17) is 0 Å². The molecule has 3 nitrogen and oxygen atoms in total. The summed E-state index contributed by atoms with van der Waals surface area (Å²) < 4.78 is 0. The first-order valence-corrected chi connectivity index (χ1v) is 5.98. The fraction of sp³-hybridized carbons (Fsp3) is 0.0769. The largest absolute Gasteiger partial charge is 0.298 e. The van der Waals surface area contributed by atoms with E-state index in [0.29, 0.717) is 5.13 Å². The maximum Gasteiger partial charge on any atom is 0.249 e. The van der Waals surface area contributed by atoms with E-state index in [1.54, 1.807) is 0 Å². The summed E-state index contributed by atoms with van der Waals surface area (Å²) in [6, 6.07) is 9.90. The Morgan fingerprint density at radius 1 is 1.41 bits per heavy atom. The molecule has 17 heavy (non-hydrogen) atoms. The van der Waals surface area contributed by atoms with Gasteiger partial charge in [-0.05, 0) is 13.0 Å². The summed E-state index contributed by atoms with van der Waals surface area (Å²) in [5.41, 5.74) is 1.97. The van der Waals surface area contributed by atoms with Crippen molar-refractivity contribution in [3.05, 3.63) is 47.9 Å². The Morgan fingerprint density at radius 3 is 2.76 bits per heavy atom. The monoisotopic (exact) mass is 244 g/mol. The van der Waals surface area contributed by atoms with Crippen LogP contribution in [-0.2, 0) is 4.79 Å². The van der Waals surface area contributed by atoms with Gasteiger partial charge >= 0.3 is 0 Å². The Kier molecular flexibility index (Phi) is 3.35. The Hall–Kier alpha value is -1.94. The molecule has 0 spiro atoms. The van der Waals surface area contributed by atoms with E-state index >= 15 is 0 Å². The van der Waals surface area contributed by atoms with Crippen LogP contribution in [0.2, 0.25) is 0 Å². The van der Waals surface area contributed by atoms with Gasteiger partial charge in [0.05, 0.1) is 5.69 Å². The molecule has 0 saturated heterocycles. The second-order valence-electron chi connectivity index (χ2n) is 3.48. The molecular weight excluding hydrogens is 232 g/mol. The fourth-order valence-corrected chi connectivity index (χ4v) is 2.31. The third-order valence-corrected chi connectivity index (χ3v) is 3.15. The normalized spacial score (nSPS) is 9.94. The van der Waals surface area contributed by atoms with Crippen LogP contribution in [0.3, 0.4) is 0 Å². The summed E-state index contributed by atoms with van der Waals surface area (Å²) in [6.07, 6.45) is 1.24. The van der Waals surface area contributed by atoms with Gasteiger partial charge in [0.2, 0.25) is 5.91 Å². The average molecular weight is 244 g/mol. The minimum absolute atomic E-state index is 0.238. The third kappa shape index (κ3) is 2.60. The smallest absolute Gasteiger partial charge is 0.249 e. The van der Waals surface area contributed by atoms with Crippen molar-refractivity contribution in [2.45, 2.75) is 6.92 Å². The Bertz CT molecular complexity index is 546. The summed E-state index contributed by atoms with van der Waals surface area (Å²) in [6.45, 7) is 5.40. The van der Waals surface area contributed by atoms with Crippen molar-refractivity contribution in [3.8, 4) is 11.3 Å². The zero-order chi connectivity index (χ0) is 12.3. The topological polar surface area (TPSA) is 42.0 Å². The molecule has 0 fully saturated rings. The van der Waals surface area contributed by atoms with Crippen molar-refractivity contribution in [1.29, 1.82) is 0 Å². The maximum absolute atomic E-state index is 11.2. The van der Waals surface area contributed by atoms with Gasteiger partial charge in [0, 0.05) is 10.4 Å². The van der Waals surface area contributed by atoms with Crippen LogP contribution < -0.4 is 5.32 Å². The van der Waals surface area contributed by atoms with Crippen molar-refractivity contribution in [2.75, 3.05) is 5.32 Å². The van der Waals surface area contributed by atoms with Crippen LogP contribution in [0.1, 0.15) is 4.88 Å². The quantitative estimate of drug-likeness (QED) is 0.842. The van der Waals surface area contributed by atoms with Crippen LogP contribution in [-0.4, -0.2) is 10.9 Å². The highest BCUT2D eigenvalue weighted by Crippen LogP contribution is 2.29. The van der Waals surface area contributed by atoms with E-state index in [-0.39, 0.29) is 5.91 Å². The standard InChI is InChI=1S/C13H12N2OS/c1-3-11(16)14-13-15-12(9(2)17-13)10-7-5-4-6-8-10/h3-8H,1H2,2H3,(H,14,15,16). The summed E-state index contributed by atoms with van der Waals surface area (Å²) in [4.78, 5) is 16.7. The molecule has 0 aliphatic rings. The number of aryl methyl sites for hydroxylation is 1. The van der Waals surface area contributed by atoms with Crippen LogP contribution in [0.25, 0.3) is 11.3 Å². The second kappa shape index (κ2) is 4.93. The summed E-state index contributed by atoms with van der Waals surface area (Å²) in [5, 5.41) is 3.28. The first-order valence-electron chi connectivity index (χ1n) is 5.17. The Labute approximate surface area is 104 Å². The number of thiazole rings is 1. The highest BCUT2D eigenvalue weighted by molar-refractivity contribution is 7.16. The van der Waals surface area contributed by atoms with E-state index in [1.807, 2.05) is 37.3 Å². The predicted molar refractivity (Wildman–Crippen MR) is 71.1 cm³/mol. The van der Waals surface area contributed by atoms with Crippen molar-refractivity contribution >= 4 is 22.4 Å². The number of rotatable bonds is 3. The molecule has 0 atom stereocenters. The molecule has 0 bridgehead atoms. The number of hydrogen-bond acceptors (Lipinski definition) is 3. The fourth-order valence-electron chi connectivity index (χ4n) is 1.47. The lowest BCUT2D eigenvalue weighted by Crippen LogP contribution is -2.06. The highest BCUT2D eigenvalue weighted by Gasteiger charge is 2.10. The van der Waals surface area contributed by atoms with Crippen LogP contribution in [0, 0.1) is 6.92 Å². The number of aromatic nitrogens is 1. The maximum atomic E-state index is 11.2. The van der Waals surface area contributed by atoms with E-state index in [1.165, 1.54) is 17.4 Å². The lowest BCUT2D eigenvalue weighted by Gasteiger charge is -1.97. The van der Waals surface area contributed by atoms with Crippen molar-refractivity contribution in [3.63, 3.8) is 0 Å². The van der Waals surface area contributed by atoms with Gasteiger partial charge in [0.1, 0.15) is 0 Å². The van der Waals surface area contributed by atoms with Crippen molar-refractivity contribution < 1.29 is 4.79 Å². The van der Waals surface area contributed by atoms with E-state index in [9.17, 15) is 4.79 Å². The van der Waals surface area contributed by atoms with Gasteiger partial charge in [-0.15, -0.1) is 11.3 Å². The average Bonchev–Trinajstić information content (AvgIpc) is 2.71. The minimum Gasteiger partial charge on any atom is -0.298 e. The molecule has 0 saturated carbocycles.